The summed E-state index contributed by atoms with van der Waals surface area (Å²) in [6.07, 6.45) is 0.451. The summed E-state index contributed by atoms with van der Waals surface area (Å²) in [5.41, 5.74) is 4.32. The molecule has 4 rings (SSSR count). The van der Waals surface area contributed by atoms with Gasteiger partial charge in [-0.3, -0.25) is 9.69 Å². The molecule has 0 radical (unpaired) electrons. The van der Waals surface area contributed by atoms with E-state index in [1.54, 1.807) is 0 Å². The van der Waals surface area contributed by atoms with Gasteiger partial charge in [0.25, 0.3) is 0 Å². The fraction of sp³-hybridized carbons (Fsp3) is 0.333. The van der Waals surface area contributed by atoms with Gasteiger partial charge in [-0.15, -0.1) is 0 Å². The number of H-pyrrole nitrogens is 1. The number of amides is 1. The van der Waals surface area contributed by atoms with Crippen LogP contribution in [-0.2, 0) is 17.8 Å². The highest BCUT2D eigenvalue weighted by Crippen LogP contribution is 2.15. The molecular weight excluding hydrogens is 324 g/mol. The first-order chi connectivity index (χ1) is 12.7. The van der Waals surface area contributed by atoms with E-state index in [1.807, 2.05) is 36.1 Å². The largest absolute Gasteiger partial charge is 0.342 e. The molecule has 5 heteroatoms. The van der Waals surface area contributed by atoms with Crippen molar-refractivity contribution < 1.29 is 4.79 Å². The van der Waals surface area contributed by atoms with Crippen molar-refractivity contribution in [1.82, 2.24) is 19.8 Å². The van der Waals surface area contributed by atoms with Crippen molar-refractivity contribution in [1.29, 1.82) is 0 Å². The molecule has 0 atom stereocenters. The van der Waals surface area contributed by atoms with Crippen LogP contribution in [0.5, 0.6) is 0 Å². The van der Waals surface area contributed by atoms with Crippen molar-refractivity contribution in [2.24, 2.45) is 0 Å². The highest BCUT2D eigenvalue weighted by Gasteiger charge is 2.21. The third-order valence-electron chi connectivity index (χ3n) is 4.99. The molecule has 2 heterocycles. The minimum atomic E-state index is 0.208. The number of fused-ring (bicyclic) bond motifs is 1. The number of nitrogens with zero attached hydrogens (tertiary/aromatic N) is 3. The first-order valence-corrected chi connectivity index (χ1v) is 9.17. The molecule has 0 saturated carbocycles. The molecule has 5 nitrogen and oxygen atoms in total. The lowest BCUT2D eigenvalue weighted by molar-refractivity contribution is -0.132. The van der Waals surface area contributed by atoms with E-state index in [4.69, 9.17) is 0 Å². The first kappa shape index (κ1) is 16.8. The van der Waals surface area contributed by atoms with Gasteiger partial charge in [0.2, 0.25) is 5.91 Å². The summed E-state index contributed by atoms with van der Waals surface area (Å²) in [6.45, 7) is 6.37. The quantitative estimate of drug-likeness (QED) is 0.789. The van der Waals surface area contributed by atoms with E-state index in [1.165, 1.54) is 5.56 Å². The molecule has 1 amide bonds. The number of aromatic amines is 1. The van der Waals surface area contributed by atoms with E-state index >= 15 is 0 Å². The molecule has 1 fully saturated rings. The second kappa shape index (κ2) is 7.30. The molecule has 26 heavy (non-hydrogen) atoms. The lowest BCUT2D eigenvalue weighted by atomic mass is 10.1. The van der Waals surface area contributed by atoms with E-state index in [2.05, 4.69) is 39.1 Å². The number of hydrogen-bond donors (Lipinski definition) is 1. The zero-order chi connectivity index (χ0) is 17.9. The molecule has 3 aromatic rings. The first-order valence-electron chi connectivity index (χ1n) is 9.17. The van der Waals surface area contributed by atoms with E-state index in [0.29, 0.717) is 6.42 Å². The Bertz CT molecular complexity index is 895. The molecule has 0 bridgehead atoms. The van der Waals surface area contributed by atoms with Crippen molar-refractivity contribution in [3.05, 3.63) is 65.5 Å². The maximum atomic E-state index is 12.7. The minimum Gasteiger partial charge on any atom is -0.342 e. The van der Waals surface area contributed by atoms with Crippen LogP contribution in [-0.4, -0.2) is 51.9 Å². The highest BCUT2D eigenvalue weighted by molar-refractivity contribution is 5.82. The maximum Gasteiger partial charge on any atom is 0.227 e. The number of aromatic nitrogens is 2. The number of piperazine rings is 1. The van der Waals surface area contributed by atoms with Gasteiger partial charge in [0.15, 0.2) is 0 Å². The number of nitrogens with one attached hydrogen (secondary N) is 1. The average molecular weight is 348 g/mol. The minimum absolute atomic E-state index is 0.208. The van der Waals surface area contributed by atoms with E-state index in [0.717, 1.165) is 55.1 Å². The monoisotopic (exact) mass is 348 g/mol. The van der Waals surface area contributed by atoms with Crippen LogP contribution in [0.15, 0.2) is 48.5 Å². The van der Waals surface area contributed by atoms with Crippen molar-refractivity contribution in [3.8, 4) is 0 Å². The zero-order valence-corrected chi connectivity index (χ0v) is 15.1. The summed E-state index contributed by atoms with van der Waals surface area (Å²) in [4.78, 5) is 24.7. The van der Waals surface area contributed by atoms with Crippen molar-refractivity contribution in [3.63, 3.8) is 0 Å². The fourth-order valence-electron chi connectivity index (χ4n) is 3.58. The molecular formula is C21H24N4O. The molecule has 134 valence electrons. The SMILES string of the molecule is Cc1nc2ccc(CC(=O)N3CCN(Cc4ccccc4)CC3)cc2[nH]1. The van der Waals surface area contributed by atoms with Crippen molar-refractivity contribution in [2.45, 2.75) is 19.9 Å². The van der Waals surface area contributed by atoms with Crippen LogP contribution in [0.3, 0.4) is 0 Å². The molecule has 0 aliphatic carbocycles. The summed E-state index contributed by atoms with van der Waals surface area (Å²) in [7, 11) is 0. The fourth-order valence-corrected chi connectivity index (χ4v) is 3.58. The van der Waals surface area contributed by atoms with Gasteiger partial charge < -0.3 is 9.88 Å². The predicted octanol–water partition coefficient (Wildman–Crippen LogP) is 2.76. The van der Waals surface area contributed by atoms with E-state index in [9.17, 15) is 4.79 Å². The van der Waals surface area contributed by atoms with Crippen LogP contribution in [0.1, 0.15) is 17.0 Å². The Balaban J connectivity index is 1.32. The third-order valence-corrected chi connectivity index (χ3v) is 4.99. The number of imidazole rings is 1. The zero-order valence-electron chi connectivity index (χ0n) is 15.1. The Morgan fingerprint density at radius 2 is 1.81 bits per heavy atom. The standard InChI is InChI=1S/C21H24N4O/c1-16-22-19-8-7-18(13-20(19)23-16)14-21(26)25-11-9-24(10-12-25)15-17-5-3-2-4-6-17/h2-8,13H,9-12,14-15H2,1H3,(H,22,23). The maximum absolute atomic E-state index is 12.7. The summed E-state index contributed by atoms with van der Waals surface area (Å²) in [5.74, 6) is 1.11. The lowest BCUT2D eigenvalue weighted by Crippen LogP contribution is -2.48. The Hall–Kier alpha value is -2.66. The molecule has 1 aliphatic heterocycles. The molecule has 0 spiro atoms. The van der Waals surface area contributed by atoms with Gasteiger partial charge in [-0.25, -0.2) is 4.98 Å². The molecule has 1 aliphatic rings. The lowest BCUT2D eigenvalue weighted by Gasteiger charge is -2.34. The number of hydrogen-bond acceptors (Lipinski definition) is 3. The van der Waals surface area contributed by atoms with Gasteiger partial charge in [-0.2, -0.15) is 0 Å². The van der Waals surface area contributed by atoms with Crippen LogP contribution in [0, 0.1) is 6.92 Å². The summed E-state index contributed by atoms with van der Waals surface area (Å²) >= 11 is 0. The van der Waals surface area contributed by atoms with E-state index < -0.39 is 0 Å². The normalized spacial score (nSPS) is 15.5. The molecule has 1 N–H and O–H groups in total. The molecule has 0 unspecified atom stereocenters. The van der Waals surface area contributed by atoms with Crippen LogP contribution in [0.25, 0.3) is 11.0 Å². The summed E-state index contributed by atoms with van der Waals surface area (Å²) in [6, 6.07) is 16.5. The van der Waals surface area contributed by atoms with Gasteiger partial charge >= 0.3 is 0 Å². The number of carbonyl (C=O) groups excluding carboxylic acids is 1. The number of rotatable bonds is 4. The Kier molecular flexibility index (Phi) is 4.71. The number of aryl methyl sites for hydroxylation is 1. The van der Waals surface area contributed by atoms with E-state index in [-0.39, 0.29) is 5.91 Å². The summed E-state index contributed by atoms with van der Waals surface area (Å²) in [5, 5.41) is 0. The molecule has 2 aromatic carbocycles. The van der Waals surface area contributed by atoms with Gasteiger partial charge in [0.05, 0.1) is 17.5 Å². The average Bonchev–Trinajstić information content (AvgIpc) is 3.02. The number of benzene rings is 2. The highest BCUT2D eigenvalue weighted by atomic mass is 16.2. The van der Waals surface area contributed by atoms with Gasteiger partial charge in [0.1, 0.15) is 5.82 Å². The van der Waals surface area contributed by atoms with Crippen molar-refractivity contribution in [2.75, 3.05) is 26.2 Å². The topological polar surface area (TPSA) is 52.2 Å². The second-order valence-electron chi connectivity index (χ2n) is 6.99. The van der Waals surface area contributed by atoms with Crippen molar-refractivity contribution >= 4 is 16.9 Å². The Morgan fingerprint density at radius 3 is 2.58 bits per heavy atom. The summed E-state index contributed by atoms with van der Waals surface area (Å²) < 4.78 is 0. The third kappa shape index (κ3) is 3.78. The van der Waals surface area contributed by atoms with Crippen LogP contribution in [0.4, 0.5) is 0 Å². The van der Waals surface area contributed by atoms with Gasteiger partial charge in [-0.05, 0) is 30.2 Å². The smallest absolute Gasteiger partial charge is 0.227 e. The van der Waals surface area contributed by atoms with Crippen LogP contribution in [0.2, 0.25) is 0 Å². The Morgan fingerprint density at radius 1 is 1.04 bits per heavy atom. The molecule has 1 aromatic heterocycles. The Labute approximate surface area is 153 Å². The van der Waals surface area contributed by atoms with Gasteiger partial charge in [-0.1, -0.05) is 36.4 Å². The number of carbonyl (C=O) groups is 1. The molecule has 1 saturated heterocycles. The van der Waals surface area contributed by atoms with Crippen LogP contribution < -0.4 is 0 Å². The van der Waals surface area contributed by atoms with Crippen LogP contribution >= 0.6 is 0 Å². The second-order valence-corrected chi connectivity index (χ2v) is 6.99. The van der Waals surface area contributed by atoms with Gasteiger partial charge in [0, 0.05) is 32.7 Å². The predicted molar refractivity (Wildman–Crippen MR) is 103 cm³/mol.